The fourth-order valence-electron chi connectivity index (χ4n) is 2.18. The molecule has 6 nitrogen and oxygen atoms in total. The highest BCUT2D eigenvalue weighted by Crippen LogP contribution is 2.20. The summed E-state index contributed by atoms with van der Waals surface area (Å²) in [5.74, 6) is -1.04. The van der Waals surface area contributed by atoms with Crippen molar-refractivity contribution in [2.45, 2.75) is 45.3 Å². The maximum absolute atomic E-state index is 11.7. The fourth-order valence-corrected chi connectivity index (χ4v) is 2.18. The van der Waals surface area contributed by atoms with Gasteiger partial charge in [0.15, 0.2) is 0 Å². The summed E-state index contributed by atoms with van der Waals surface area (Å²) in [5, 5.41) is 11.7. The van der Waals surface area contributed by atoms with E-state index < -0.39 is 23.7 Å². The SMILES string of the molecule is CN1CCC(C(NC(=O)OC(C)(C)C)C(=O)O)CC1. The third-order valence-electron chi connectivity index (χ3n) is 3.17. The lowest BCUT2D eigenvalue weighted by atomic mass is 9.89. The highest BCUT2D eigenvalue weighted by molar-refractivity contribution is 5.80. The topological polar surface area (TPSA) is 78.9 Å². The molecule has 1 saturated heterocycles. The van der Waals surface area contributed by atoms with Gasteiger partial charge in [0, 0.05) is 0 Å². The molecule has 0 spiro atoms. The lowest BCUT2D eigenvalue weighted by molar-refractivity contribution is -0.141. The van der Waals surface area contributed by atoms with Gasteiger partial charge in [-0.15, -0.1) is 0 Å². The van der Waals surface area contributed by atoms with E-state index in [0.29, 0.717) is 0 Å². The smallest absolute Gasteiger partial charge is 0.408 e. The Bertz CT molecular complexity index is 330. The molecule has 0 aliphatic carbocycles. The number of alkyl carbamates (subject to hydrolysis) is 1. The zero-order valence-electron chi connectivity index (χ0n) is 12.1. The van der Waals surface area contributed by atoms with E-state index in [1.807, 2.05) is 7.05 Å². The van der Waals surface area contributed by atoms with Gasteiger partial charge in [-0.3, -0.25) is 0 Å². The Balaban J connectivity index is 2.58. The van der Waals surface area contributed by atoms with Gasteiger partial charge in [-0.2, -0.15) is 0 Å². The number of aliphatic carboxylic acids is 1. The normalized spacial score (nSPS) is 19.8. The molecule has 1 aliphatic rings. The first-order valence-corrected chi connectivity index (χ1v) is 6.60. The second kappa shape index (κ2) is 6.23. The number of nitrogens with zero attached hydrogens (tertiary/aromatic N) is 1. The quantitative estimate of drug-likeness (QED) is 0.809. The molecule has 0 aromatic carbocycles. The van der Waals surface area contributed by atoms with Crippen molar-refractivity contribution in [2.24, 2.45) is 5.92 Å². The number of carboxylic acids is 1. The van der Waals surface area contributed by atoms with Gasteiger partial charge in [0.05, 0.1) is 0 Å². The van der Waals surface area contributed by atoms with Crippen molar-refractivity contribution in [2.75, 3.05) is 20.1 Å². The van der Waals surface area contributed by atoms with Crippen molar-refractivity contribution >= 4 is 12.1 Å². The van der Waals surface area contributed by atoms with Crippen molar-refractivity contribution in [1.29, 1.82) is 0 Å². The highest BCUT2D eigenvalue weighted by atomic mass is 16.6. The van der Waals surface area contributed by atoms with E-state index in [9.17, 15) is 14.7 Å². The van der Waals surface area contributed by atoms with Gasteiger partial charge < -0.3 is 20.1 Å². The molecule has 6 heteroatoms. The van der Waals surface area contributed by atoms with Crippen molar-refractivity contribution in [3.05, 3.63) is 0 Å². The van der Waals surface area contributed by atoms with Gasteiger partial charge in [0.1, 0.15) is 11.6 Å². The van der Waals surface area contributed by atoms with Gasteiger partial charge in [-0.05, 0) is 59.7 Å². The van der Waals surface area contributed by atoms with Crippen LogP contribution in [0.4, 0.5) is 4.79 Å². The number of hydrogen-bond acceptors (Lipinski definition) is 4. The van der Waals surface area contributed by atoms with Gasteiger partial charge in [0.2, 0.25) is 0 Å². The molecule has 0 bridgehead atoms. The van der Waals surface area contributed by atoms with Crippen LogP contribution in [0.3, 0.4) is 0 Å². The zero-order valence-corrected chi connectivity index (χ0v) is 12.1. The Morgan fingerprint density at radius 2 is 1.84 bits per heavy atom. The number of piperidine rings is 1. The van der Waals surface area contributed by atoms with Crippen LogP contribution < -0.4 is 5.32 Å². The summed E-state index contributed by atoms with van der Waals surface area (Å²) in [4.78, 5) is 25.1. The molecule has 0 aromatic rings. The lowest BCUT2D eigenvalue weighted by Gasteiger charge is -2.33. The molecule has 1 rings (SSSR count). The number of carbonyl (C=O) groups is 2. The van der Waals surface area contributed by atoms with Crippen LogP contribution in [0.1, 0.15) is 33.6 Å². The van der Waals surface area contributed by atoms with E-state index in [4.69, 9.17) is 4.74 Å². The van der Waals surface area contributed by atoms with Crippen LogP contribution in [-0.4, -0.2) is 53.8 Å². The molecule has 1 amide bonds. The van der Waals surface area contributed by atoms with Gasteiger partial charge in [0.25, 0.3) is 0 Å². The summed E-state index contributed by atoms with van der Waals surface area (Å²) in [6.07, 6.45) is 0.867. The summed E-state index contributed by atoms with van der Waals surface area (Å²) in [7, 11) is 2.01. The third kappa shape index (κ3) is 5.46. The lowest BCUT2D eigenvalue weighted by Crippen LogP contribution is -2.50. The summed E-state index contributed by atoms with van der Waals surface area (Å²) in [5.41, 5.74) is -0.625. The van der Waals surface area contributed by atoms with E-state index in [0.717, 1.165) is 25.9 Å². The maximum atomic E-state index is 11.7. The van der Waals surface area contributed by atoms with E-state index >= 15 is 0 Å². The predicted octanol–water partition coefficient (Wildman–Crippen LogP) is 1.31. The Kier molecular flexibility index (Phi) is 5.17. The molecular weight excluding hydrogens is 248 g/mol. The molecule has 0 aromatic heterocycles. The van der Waals surface area contributed by atoms with E-state index in [-0.39, 0.29) is 5.92 Å². The van der Waals surface area contributed by atoms with Gasteiger partial charge in [-0.1, -0.05) is 0 Å². The van der Waals surface area contributed by atoms with Crippen LogP contribution in [-0.2, 0) is 9.53 Å². The summed E-state index contributed by atoms with van der Waals surface area (Å²) in [6, 6.07) is -0.872. The Labute approximate surface area is 114 Å². The Hall–Kier alpha value is -1.30. The largest absolute Gasteiger partial charge is 0.480 e. The number of likely N-dealkylation sites (tertiary alicyclic amines) is 1. The molecule has 1 unspecified atom stereocenters. The number of nitrogens with one attached hydrogen (secondary N) is 1. The minimum atomic E-state index is -1.000. The maximum Gasteiger partial charge on any atom is 0.408 e. The zero-order chi connectivity index (χ0) is 14.6. The van der Waals surface area contributed by atoms with Crippen LogP contribution >= 0.6 is 0 Å². The first-order chi connectivity index (χ1) is 8.69. The number of carbonyl (C=O) groups excluding carboxylic acids is 1. The minimum absolute atomic E-state index is 0.0405. The highest BCUT2D eigenvalue weighted by Gasteiger charge is 2.33. The second-order valence-corrected chi connectivity index (χ2v) is 6.10. The predicted molar refractivity (Wildman–Crippen MR) is 71.0 cm³/mol. The summed E-state index contributed by atoms with van der Waals surface area (Å²) >= 11 is 0. The molecular formula is C13H24N2O4. The van der Waals surface area contributed by atoms with Crippen LogP contribution in [0.15, 0.2) is 0 Å². The average molecular weight is 272 g/mol. The van der Waals surface area contributed by atoms with Gasteiger partial charge in [-0.25, -0.2) is 9.59 Å². The first kappa shape index (κ1) is 15.8. The number of ether oxygens (including phenoxy) is 1. The Morgan fingerprint density at radius 1 is 1.32 bits per heavy atom. The molecule has 1 atom stereocenters. The number of carboxylic acid groups (broad SMARTS) is 1. The van der Waals surface area contributed by atoms with Gasteiger partial charge >= 0.3 is 12.1 Å². The van der Waals surface area contributed by atoms with E-state index in [2.05, 4.69) is 10.2 Å². The van der Waals surface area contributed by atoms with Crippen molar-refractivity contribution in [3.63, 3.8) is 0 Å². The third-order valence-corrected chi connectivity index (χ3v) is 3.17. The number of amides is 1. The average Bonchev–Trinajstić information content (AvgIpc) is 2.24. The molecule has 0 radical (unpaired) electrons. The number of rotatable bonds is 3. The monoisotopic (exact) mass is 272 g/mol. The van der Waals surface area contributed by atoms with E-state index in [1.54, 1.807) is 20.8 Å². The van der Waals surface area contributed by atoms with Crippen LogP contribution in [0.5, 0.6) is 0 Å². The molecule has 2 N–H and O–H groups in total. The standard InChI is InChI=1S/C13H24N2O4/c1-13(2,3)19-12(18)14-10(11(16)17)9-5-7-15(4)8-6-9/h9-10H,5-8H2,1-4H3,(H,14,18)(H,16,17). The molecule has 1 fully saturated rings. The summed E-state index contributed by atoms with van der Waals surface area (Å²) < 4.78 is 5.11. The molecule has 0 saturated carbocycles. The number of hydrogen-bond donors (Lipinski definition) is 2. The van der Waals surface area contributed by atoms with E-state index in [1.165, 1.54) is 0 Å². The Morgan fingerprint density at radius 3 is 2.26 bits per heavy atom. The minimum Gasteiger partial charge on any atom is -0.480 e. The van der Waals surface area contributed by atoms with Crippen LogP contribution in [0.25, 0.3) is 0 Å². The molecule has 19 heavy (non-hydrogen) atoms. The second-order valence-electron chi connectivity index (χ2n) is 6.10. The molecule has 110 valence electrons. The fraction of sp³-hybridized carbons (Fsp3) is 0.846. The van der Waals surface area contributed by atoms with Crippen molar-refractivity contribution in [3.8, 4) is 0 Å². The summed E-state index contributed by atoms with van der Waals surface area (Å²) in [6.45, 7) is 6.95. The molecule has 1 heterocycles. The first-order valence-electron chi connectivity index (χ1n) is 6.60. The van der Waals surface area contributed by atoms with Crippen LogP contribution in [0, 0.1) is 5.92 Å². The molecule has 1 aliphatic heterocycles. The van der Waals surface area contributed by atoms with Crippen molar-refractivity contribution < 1.29 is 19.4 Å². The van der Waals surface area contributed by atoms with Crippen molar-refractivity contribution in [1.82, 2.24) is 10.2 Å². The van der Waals surface area contributed by atoms with Crippen LogP contribution in [0.2, 0.25) is 0 Å².